The van der Waals surface area contributed by atoms with Gasteiger partial charge in [0.1, 0.15) is 12.1 Å². The molecule has 1 saturated heterocycles. The van der Waals surface area contributed by atoms with Crippen LogP contribution in [0.15, 0.2) is 18.5 Å². The Morgan fingerprint density at radius 3 is 2.40 bits per heavy atom. The molecule has 0 radical (unpaired) electrons. The first kappa shape index (κ1) is 22.0. The molecule has 11 heteroatoms. The van der Waals surface area contributed by atoms with Crippen LogP contribution < -0.4 is 10.2 Å². The number of anilines is 1. The summed E-state index contributed by atoms with van der Waals surface area (Å²) in [4.78, 5) is 47.2. The Bertz CT molecular complexity index is 783. The van der Waals surface area contributed by atoms with Crippen LogP contribution in [0.5, 0.6) is 0 Å². The largest absolute Gasteiger partial charge is 0.408 e. The number of rotatable bonds is 5. The van der Waals surface area contributed by atoms with Gasteiger partial charge in [0, 0.05) is 18.9 Å². The van der Waals surface area contributed by atoms with Gasteiger partial charge in [0.2, 0.25) is 11.9 Å². The summed E-state index contributed by atoms with van der Waals surface area (Å²) in [6.45, 7) is 1.85. The number of likely N-dealkylation sites (tertiary alicyclic amines) is 1. The fraction of sp³-hybridized carbons (Fsp3) is 0.632. The van der Waals surface area contributed by atoms with Gasteiger partial charge in [-0.1, -0.05) is 19.3 Å². The van der Waals surface area contributed by atoms with Gasteiger partial charge in [-0.15, -0.1) is 0 Å². The lowest BCUT2D eigenvalue weighted by atomic mass is 9.83. The molecule has 2 fully saturated rings. The predicted molar refractivity (Wildman–Crippen MR) is 100 cm³/mol. The number of hydrogen-bond donors (Lipinski definition) is 1. The number of likely N-dealkylation sites (N-methyl/N-ethyl adjacent to an activating group) is 1. The van der Waals surface area contributed by atoms with E-state index < -0.39 is 42.0 Å². The fourth-order valence-electron chi connectivity index (χ4n) is 4.01. The molecule has 0 bridgehead atoms. The number of nitrogens with zero attached hydrogens (tertiary/aromatic N) is 4. The number of β-lactam (4-membered cyclic amide) rings is 1. The highest BCUT2D eigenvalue weighted by molar-refractivity contribution is 6.10. The number of amides is 4. The molecule has 3 rings (SSSR count). The van der Waals surface area contributed by atoms with Crippen molar-refractivity contribution in [2.75, 3.05) is 11.4 Å². The van der Waals surface area contributed by atoms with Crippen molar-refractivity contribution >= 4 is 23.8 Å². The van der Waals surface area contributed by atoms with Crippen molar-refractivity contribution in [3.8, 4) is 0 Å². The minimum absolute atomic E-state index is 0.0973. The Morgan fingerprint density at radius 2 is 1.87 bits per heavy atom. The van der Waals surface area contributed by atoms with Gasteiger partial charge in [0.25, 0.3) is 5.91 Å². The zero-order chi connectivity index (χ0) is 21.9. The Hall–Kier alpha value is -2.72. The number of carbonyl (C=O) groups is 3. The van der Waals surface area contributed by atoms with Crippen LogP contribution in [0.1, 0.15) is 45.4 Å². The summed E-state index contributed by atoms with van der Waals surface area (Å²) in [5.74, 6) is -1.95. The van der Waals surface area contributed by atoms with Crippen LogP contribution in [0.3, 0.4) is 0 Å². The molecule has 1 N–H and O–H groups in total. The van der Waals surface area contributed by atoms with E-state index in [0.717, 1.165) is 6.42 Å². The Kier molecular flexibility index (Phi) is 6.57. The van der Waals surface area contributed by atoms with Crippen LogP contribution in [-0.4, -0.2) is 57.5 Å². The van der Waals surface area contributed by atoms with Crippen molar-refractivity contribution in [1.29, 1.82) is 0 Å². The number of halogens is 3. The Morgan fingerprint density at radius 1 is 1.23 bits per heavy atom. The molecule has 2 atom stereocenters. The zero-order valence-corrected chi connectivity index (χ0v) is 16.6. The monoisotopic (exact) mass is 427 g/mol. The number of aromatic nitrogens is 2. The van der Waals surface area contributed by atoms with Crippen molar-refractivity contribution in [3.63, 3.8) is 0 Å². The molecule has 164 valence electrons. The second kappa shape index (κ2) is 8.97. The van der Waals surface area contributed by atoms with Crippen LogP contribution in [-0.2, 0) is 9.59 Å². The SMILES string of the molecule is CCN(C(=O)C1CC(=O)N1C(=O)NC(C1CCCCC1)C(F)(F)F)c1ncccn1. The Balaban J connectivity index is 1.73. The number of urea groups is 1. The summed E-state index contributed by atoms with van der Waals surface area (Å²) in [5, 5.41) is 1.98. The molecule has 2 unspecified atom stereocenters. The maximum atomic E-state index is 13.6. The number of carbonyl (C=O) groups excluding carboxylic acids is 3. The van der Waals surface area contributed by atoms with Gasteiger partial charge >= 0.3 is 12.2 Å². The molecule has 0 spiro atoms. The average molecular weight is 427 g/mol. The lowest BCUT2D eigenvalue weighted by molar-refractivity contribution is -0.169. The van der Waals surface area contributed by atoms with E-state index in [4.69, 9.17) is 0 Å². The molecule has 1 saturated carbocycles. The van der Waals surface area contributed by atoms with Crippen LogP contribution in [0.25, 0.3) is 0 Å². The van der Waals surface area contributed by atoms with Gasteiger partial charge in [0.15, 0.2) is 0 Å². The summed E-state index contributed by atoms with van der Waals surface area (Å²) >= 11 is 0. The lowest BCUT2D eigenvalue weighted by Gasteiger charge is -2.41. The molecular formula is C19H24F3N5O3. The lowest BCUT2D eigenvalue weighted by Crippen LogP contribution is -2.66. The molecule has 1 aromatic rings. The molecule has 8 nitrogen and oxygen atoms in total. The summed E-state index contributed by atoms with van der Waals surface area (Å²) < 4.78 is 40.8. The standard InChI is InChI=1S/C19H24F3N5O3/c1-2-26(17-23-9-6-10-24-17)16(29)13-11-14(28)27(13)18(30)25-15(19(20,21)22)12-7-4-3-5-8-12/h6,9-10,12-13,15H,2-5,7-8,11H2,1H3,(H,25,30). The quantitative estimate of drug-likeness (QED) is 0.729. The van der Waals surface area contributed by atoms with E-state index in [1.807, 2.05) is 5.32 Å². The maximum absolute atomic E-state index is 13.6. The van der Waals surface area contributed by atoms with E-state index >= 15 is 0 Å². The number of nitrogens with one attached hydrogen (secondary N) is 1. The Labute approximate surface area is 171 Å². The van der Waals surface area contributed by atoms with Gasteiger partial charge in [-0.3, -0.25) is 19.4 Å². The zero-order valence-electron chi connectivity index (χ0n) is 16.6. The highest BCUT2D eigenvalue weighted by Gasteiger charge is 2.51. The molecule has 1 aliphatic carbocycles. The third-order valence-corrected chi connectivity index (χ3v) is 5.58. The van der Waals surface area contributed by atoms with Crippen molar-refractivity contribution in [2.24, 2.45) is 5.92 Å². The molecule has 1 aliphatic heterocycles. The van der Waals surface area contributed by atoms with E-state index in [1.54, 1.807) is 13.0 Å². The summed E-state index contributed by atoms with van der Waals surface area (Å²) in [6.07, 6.45) is 0.891. The minimum Gasteiger partial charge on any atom is -0.325 e. The van der Waals surface area contributed by atoms with E-state index in [1.165, 1.54) is 17.3 Å². The van der Waals surface area contributed by atoms with Gasteiger partial charge in [-0.05, 0) is 31.7 Å². The molecule has 30 heavy (non-hydrogen) atoms. The summed E-state index contributed by atoms with van der Waals surface area (Å²) in [5.41, 5.74) is 0. The first-order chi connectivity index (χ1) is 14.2. The van der Waals surface area contributed by atoms with E-state index in [-0.39, 0.29) is 18.9 Å². The number of imide groups is 1. The highest BCUT2D eigenvalue weighted by atomic mass is 19.4. The second-order valence-electron chi connectivity index (χ2n) is 7.48. The highest BCUT2D eigenvalue weighted by Crippen LogP contribution is 2.35. The van der Waals surface area contributed by atoms with Crippen LogP contribution in [0.4, 0.5) is 23.9 Å². The van der Waals surface area contributed by atoms with Gasteiger partial charge < -0.3 is 5.32 Å². The van der Waals surface area contributed by atoms with E-state index in [2.05, 4.69) is 9.97 Å². The molecule has 2 heterocycles. The van der Waals surface area contributed by atoms with E-state index in [0.29, 0.717) is 30.6 Å². The first-order valence-corrected chi connectivity index (χ1v) is 10.0. The first-order valence-electron chi connectivity index (χ1n) is 10.0. The molecule has 4 amide bonds. The van der Waals surface area contributed by atoms with Gasteiger partial charge in [0.05, 0.1) is 6.42 Å². The predicted octanol–water partition coefficient (Wildman–Crippen LogP) is 2.65. The molecule has 0 aromatic carbocycles. The number of hydrogen-bond acceptors (Lipinski definition) is 5. The summed E-state index contributed by atoms with van der Waals surface area (Å²) in [7, 11) is 0. The minimum atomic E-state index is -4.64. The summed E-state index contributed by atoms with van der Waals surface area (Å²) in [6, 6.07) is -2.85. The van der Waals surface area contributed by atoms with Crippen molar-refractivity contribution in [1.82, 2.24) is 20.2 Å². The van der Waals surface area contributed by atoms with Gasteiger partial charge in [-0.2, -0.15) is 13.2 Å². The maximum Gasteiger partial charge on any atom is 0.408 e. The van der Waals surface area contributed by atoms with Crippen LogP contribution >= 0.6 is 0 Å². The third kappa shape index (κ3) is 4.54. The number of alkyl halides is 3. The van der Waals surface area contributed by atoms with E-state index in [9.17, 15) is 27.6 Å². The second-order valence-corrected chi connectivity index (χ2v) is 7.48. The third-order valence-electron chi connectivity index (χ3n) is 5.58. The van der Waals surface area contributed by atoms with Crippen molar-refractivity contribution in [2.45, 2.75) is 63.7 Å². The fourth-order valence-corrected chi connectivity index (χ4v) is 4.01. The smallest absolute Gasteiger partial charge is 0.325 e. The topological polar surface area (TPSA) is 95.5 Å². The van der Waals surface area contributed by atoms with Crippen molar-refractivity contribution in [3.05, 3.63) is 18.5 Å². The normalized spacial score (nSPS) is 21.0. The molecule has 2 aliphatic rings. The van der Waals surface area contributed by atoms with Crippen molar-refractivity contribution < 1.29 is 27.6 Å². The van der Waals surface area contributed by atoms with Crippen LogP contribution in [0.2, 0.25) is 0 Å². The molecule has 1 aromatic heterocycles. The average Bonchev–Trinajstić information content (AvgIpc) is 2.71. The van der Waals surface area contributed by atoms with Crippen LogP contribution in [0, 0.1) is 5.92 Å². The molecular weight excluding hydrogens is 403 g/mol. The van der Waals surface area contributed by atoms with Gasteiger partial charge in [-0.25, -0.2) is 14.8 Å².